The molecule has 0 aromatic heterocycles. The highest BCUT2D eigenvalue weighted by Gasteiger charge is 2.22. The van der Waals surface area contributed by atoms with Crippen LogP contribution in [0.4, 0.5) is 0 Å². The highest BCUT2D eigenvalue weighted by atomic mass is 28.4. The molecule has 1 atom stereocenters. The molecule has 0 radical (unpaired) electrons. The molecule has 1 N–H and O–H groups in total. The summed E-state index contributed by atoms with van der Waals surface area (Å²) in [5.74, 6) is -0.742. The van der Waals surface area contributed by atoms with Crippen LogP contribution in [0.25, 0.3) is 0 Å². The molecule has 0 rings (SSSR count). The van der Waals surface area contributed by atoms with Gasteiger partial charge in [0, 0.05) is 0 Å². The van der Waals surface area contributed by atoms with E-state index in [1.165, 1.54) is 51.4 Å². The minimum atomic E-state index is -1.64. The topological polar surface area (TPSA) is 46.5 Å². The SMILES string of the molecule is CCCCCCCCCCC[C@H](CC(=O)O)O[Si](C)(C)C. The number of carboxylic acid groups (broad SMARTS) is 1. The quantitative estimate of drug-likeness (QED) is 0.335. The van der Waals surface area contributed by atoms with Crippen LogP contribution in [0.2, 0.25) is 19.6 Å². The third-order valence-corrected chi connectivity index (χ3v) is 4.59. The van der Waals surface area contributed by atoms with Crippen LogP contribution < -0.4 is 0 Å². The van der Waals surface area contributed by atoms with Crippen molar-refractivity contribution in [2.24, 2.45) is 0 Å². The second-order valence-electron chi connectivity index (χ2n) is 7.07. The van der Waals surface area contributed by atoms with Gasteiger partial charge < -0.3 is 9.53 Å². The molecule has 0 aromatic rings. The van der Waals surface area contributed by atoms with Crippen molar-refractivity contribution < 1.29 is 14.3 Å². The summed E-state index contributed by atoms with van der Waals surface area (Å²) in [4.78, 5) is 10.9. The van der Waals surface area contributed by atoms with Crippen molar-refractivity contribution in [2.45, 2.75) is 103 Å². The normalized spacial score (nSPS) is 13.3. The van der Waals surface area contributed by atoms with Crippen LogP contribution in [0, 0.1) is 0 Å². The molecule has 0 saturated heterocycles. The van der Waals surface area contributed by atoms with Crippen molar-refractivity contribution in [3.63, 3.8) is 0 Å². The van der Waals surface area contributed by atoms with E-state index < -0.39 is 14.3 Å². The molecule has 0 amide bonds. The number of hydrogen-bond donors (Lipinski definition) is 1. The van der Waals surface area contributed by atoms with E-state index in [1.807, 2.05) is 0 Å². The monoisotopic (exact) mass is 316 g/mol. The molecule has 3 nitrogen and oxygen atoms in total. The molecule has 4 heteroatoms. The highest BCUT2D eigenvalue weighted by molar-refractivity contribution is 6.69. The standard InChI is InChI=1S/C17H36O3Si/c1-5-6-7-8-9-10-11-12-13-14-16(15-17(18)19)20-21(2,3)4/h16H,5-15H2,1-4H3,(H,18,19)/t16-/m1/s1. The fourth-order valence-electron chi connectivity index (χ4n) is 2.58. The average Bonchev–Trinajstić information content (AvgIpc) is 2.34. The van der Waals surface area contributed by atoms with E-state index in [2.05, 4.69) is 26.6 Å². The Hall–Kier alpha value is -0.353. The summed E-state index contributed by atoms with van der Waals surface area (Å²) in [7, 11) is -1.64. The molecule has 0 aliphatic heterocycles. The van der Waals surface area contributed by atoms with E-state index in [1.54, 1.807) is 0 Å². The molecule has 0 spiro atoms. The minimum absolute atomic E-state index is 0.0845. The molecular weight excluding hydrogens is 280 g/mol. The summed E-state index contributed by atoms with van der Waals surface area (Å²) in [6, 6.07) is 0. The zero-order valence-electron chi connectivity index (χ0n) is 14.6. The van der Waals surface area contributed by atoms with E-state index in [0.29, 0.717) is 0 Å². The summed E-state index contributed by atoms with van der Waals surface area (Å²) >= 11 is 0. The summed E-state index contributed by atoms with van der Waals surface area (Å²) in [6.45, 7) is 8.62. The van der Waals surface area contributed by atoms with Gasteiger partial charge in [-0.2, -0.15) is 0 Å². The molecule has 0 bridgehead atoms. The van der Waals surface area contributed by atoms with Gasteiger partial charge >= 0.3 is 5.97 Å². The van der Waals surface area contributed by atoms with E-state index in [9.17, 15) is 4.79 Å². The Morgan fingerprint density at radius 3 is 1.86 bits per heavy atom. The lowest BCUT2D eigenvalue weighted by molar-refractivity contribution is -0.139. The Balaban J connectivity index is 3.66. The van der Waals surface area contributed by atoms with Gasteiger partial charge in [0.05, 0.1) is 12.5 Å². The summed E-state index contributed by atoms with van der Waals surface area (Å²) in [5, 5.41) is 8.96. The van der Waals surface area contributed by atoms with Crippen LogP contribution in [-0.2, 0) is 9.22 Å². The first-order valence-electron chi connectivity index (χ1n) is 8.74. The first-order chi connectivity index (χ1) is 9.85. The Labute approximate surface area is 132 Å². The largest absolute Gasteiger partial charge is 0.481 e. The van der Waals surface area contributed by atoms with Crippen molar-refractivity contribution in [3.8, 4) is 0 Å². The van der Waals surface area contributed by atoms with Gasteiger partial charge in [-0.05, 0) is 26.1 Å². The molecule has 0 aromatic carbocycles. The van der Waals surface area contributed by atoms with Gasteiger partial charge in [-0.3, -0.25) is 4.79 Å². The van der Waals surface area contributed by atoms with Crippen LogP contribution in [0.3, 0.4) is 0 Å². The average molecular weight is 317 g/mol. The first kappa shape index (κ1) is 20.6. The van der Waals surface area contributed by atoms with Gasteiger partial charge in [-0.25, -0.2) is 0 Å². The summed E-state index contributed by atoms with van der Waals surface area (Å²) < 4.78 is 5.98. The van der Waals surface area contributed by atoms with Gasteiger partial charge in [0.25, 0.3) is 0 Å². The van der Waals surface area contributed by atoms with Crippen molar-refractivity contribution in [3.05, 3.63) is 0 Å². The van der Waals surface area contributed by atoms with Crippen molar-refractivity contribution in [1.82, 2.24) is 0 Å². The Morgan fingerprint density at radius 1 is 0.952 bits per heavy atom. The van der Waals surface area contributed by atoms with Crippen LogP contribution in [0.1, 0.15) is 77.6 Å². The number of carbonyl (C=O) groups is 1. The summed E-state index contributed by atoms with van der Waals surface area (Å²) in [5.41, 5.74) is 0. The van der Waals surface area contributed by atoms with E-state index in [-0.39, 0.29) is 12.5 Å². The predicted molar refractivity (Wildman–Crippen MR) is 92.3 cm³/mol. The smallest absolute Gasteiger partial charge is 0.305 e. The van der Waals surface area contributed by atoms with E-state index in [0.717, 1.165) is 12.8 Å². The predicted octanol–water partition coefficient (Wildman–Crippen LogP) is 5.60. The van der Waals surface area contributed by atoms with E-state index in [4.69, 9.17) is 9.53 Å². The molecular formula is C17H36O3Si. The van der Waals surface area contributed by atoms with Crippen molar-refractivity contribution in [1.29, 1.82) is 0 Å². The lowest BCUT2D eigenvalue weighted by Gasteiger charge is -2.25. The maximum atomic E-state index is 10.9. The molecule has 21 heavy (non-hydrogen) atoms. The maximum absolute atomic E-state index is 10.9. The first-order valence-corrected chi connectivity index (χ1v) is 12.2. The Kier molecular flexibility index (Phi) is 12.0. The number of carboxylic acids is 1. The van der Waals surface area contributed by atoms with Crippen LogP contribution in [0.15, 0.2) is 0 Å². The van der Waals surface area contributed by atoms with Gasteiger partial charge in [-0.15, -0.1) is 0 Å². The number of hydrogen-bond acceptors (Lipinski definition) is 2. The Morgan fingerprint density at radius 2 is 1.43 bits per heavy atom. The molecule has 0 heterocycles. The molecule has 0 fully saturated rings. The zero-order valence-corrected chi connectivity index (χ0v) is 15.6. The lowest BCUT2D eigenvalue weighted by atomic mass is 10.0. The van der Waals surface area contributed by atoms with E-state index >= 15 is 0 Å². The number of unbranched alkanes of at least 4 members (excludes halogenated alkanes) is 8. The minimum Gasteiger partial charge on any atom is -0.481 e. The van der Waals surface area contributed by atoms with Crippen LogP contribution in [-0.4, -0.2) is 25.5 Å². The molecule has 0 unspecified atom stereocenters. The van der Waals surface area contributed by atoms with Crippen molar-refractivity contribution >= 4 is 14.3 Å². The number of rotatable bonds is 14. The summed E-state index contributed by atoms with van der Waals surface area (Å²) in [6.07, 6.45) is 12.6. The van der Waals surface area contributed by atoms with Crippen molar-refractivity contribution in [2.75, 3.05) is 0 Å². The lowest BCUT2D eigenvalue weighted by Crippen LogP contribution is -2.33. The molecule has 0 aliphatic rings. The van der Waals surface area contributed by atoms with Gasteiger partial charge in [-0.1, -0.05) is 64.7 Å². The van der Waals surface area contributed by atoms with Crippen LogP contribution >= 0.6 is 0 Å². The van der Waals surface area contributed by atoms with Gasteiger partial charge in [0.1, 0.15) is 0 Å². The maximum Gasteiger partial charge on any atom is 0.305 e. The highest BCUT2D eigenvalue weighted by Crippen LogP contribution is 2.17. The Bertz CT molecular complexity index is 261. The fourth-order valence-corrected chi connectivity index (χ4v) is 3.78. The third kappa shape index (κ3) is 15.9. The second-order valence-corrected chi connectivity index (χ2v) is 11.5. The molecule has 0 aliphatic carbocycles. The third-order valence-electron chi connectivity index (χ3n) is 3.55. The molecule has 0 saturated carbocycles. The zero-order chi connectivity index (χ0) is 16.1. The second kappa shape index (κ2) is 12.2. The number of aliphatic carboxylic acids is 1. The van der Waals surface area contributed by atoms with Gasteiger partial charge in [0.2, 0.25) is 0 Å². The fraction of sp³-hybridized carbons (Fsp3) is 0.941. The molecule has 126 valence electrons. The van der Waals surface area contributed by atoms with Gasteiger partial charge in [0.15, 0.2) is 8.32 Å². The van der Waals surface area contributed by atoms with Crippen LogP contribution in [0.5, 0.6) is 0 Å².